The minimum Gasteiger partial charge on any atom is -0.492 e. The molecule has 2 heterocycles. The van der Waals surface area contributed by atoms with E-state index in [2.05, 4.69) is 4.98 Å². The van der Waals surface area contributed by atoms with Crippen molar-refractivity contribution in [2.45, 2.75) is 18.8 Å². The highest BCUT2D eigenvalue weighted by Gasteiger charge is 2.27. The summed E-state index contributed by atoms with van der Waals surface area (Å²) in [6.45, 7) is 0. The molecule has 0 aliphatic heterocycles. The van der Waals surface area contributed by atoms with Crippen LogP contribution in [0.5, 0.6) is 5.88 Å². The molecule has 0 radical (unpaired) electrons. The average molecular weight is 269 g/mol. The van der Waals surface area contributed by atoms with Crippen LogP contribution in [-0.4, -0.2) is 19.6 Å². The zero-order valence-electron chi connectivity index (χ0n) is 9.01. The van der Waals surface area contributed by atoms with Crippen LogP contribution in [0.3, 0.4) is 0 Å². The van der Waals surface area contributed by atoms with Gasteiger partial charge in [0.2, 0.25) is 16.8 Å². The summed E-state index contributed by atoms with van der Waals surface area (Å²) in [4.78, 5) is 28.5. The molecule has 1 saturated carbocycles. The summed E-state index contributed by atoms with van der Waals surface area (Å²) in [5.74, 6) is -2.02. The largest absolute Gasteiger partial charge is 0.492 e. The molecule has 0 saturated heterocycles. The molecule has 1 aliphatic rings. The van der Waals surface area contributed by atoms with Gasteiger partial charge < -0.3 is 5.11 Å². The predicted molar refractivity (Wildman–Crippen MR) is 61.9 cm³/mol. The molecule has 0 atom stereocenters. The Morgan fingerprint density at radius 1 is 1.50 bits per heavy atom. The van der Waals surface area contributed by atoms with Gasteiger partial charge >= 0.3 is 5.69 Å². The molecular weight excluding hydrogens is 261 g/mol. The van der Waals surface area contributed by atoms with Crippen molar-refractivity contribution in [1.82, 2.24) is 14.5 Å². The van der Waals surface area contributed by atoms with Gasteiger partial charge in [-0.2, -0.15) is 4.39 Å². The first-order valence-corrected chi connectivity index (χ1v) is 6.15. The van der Waals surface area contributed by atoms with E-state index in [1.165, 1.54) is 0 Å². The molecule has 0 aromatic carbocycles. The zero-order valence-corrected chi connectivity index (χ0v) is 9.83. The normalized spacial score (nSPS) is 14.9. The van der Waals surface area contributed by atoms with Crippen LogP contribution in [0.1, 0.15) is 24.5 Å². The Labute approximate surface area is 103 Å². The van der Waals surface area contributed by atoms with Crippen molar-refractivity contribution in [2.75, 3.05) is 0 Å². The standard InChI is InChI=1S/C10H8FN3O3S/c11-6-7(15)13-9(17)14(8(6)16)10-12-5(3-18-10)4-1-2-4/h3-4,16H,1-2H2,(H,13,15,17). The number of hydrogen-bond donors (Lipinski definition) is 2. The van der Waals surface area contributed by atoms with Gasteiger partial charge in [-0.1, -0.05) is 0 Å². The minimum atomic E-state index is -1.39. The lowest BCUT2D eigenvalue weighted by Gasteiger charge is -2.03. The van der Waals surface area contributed by atoms with Crippen LogP contribution in [-0.2, 0) is 0 Å². The third kappa shape index (κ3) is 1.65. The first-order chi connectivity index (χ1) is 8.58. The highest BCUT2D eigenvalue weighted by molar-refractivity contribution is 7.12. The number of aromatic nitrogens is 3. The van der Waals surface area contributed by atoms with E-state index in [0.29, 0.717) is 10.5 Å². The molecule has 2 N–H and O–H groups in total. The number of H-pyrrole nitrogens is 1. The van der Waals surface area contributed by atoms with Crippen LogP contribution in [0.15, 0.2) is 15.0 Å². The molecule has 2 aromatic rings. The fourth-order valence-corrected chi connectivity index (χ4v) is 2.53. The molecule has 0 unspecified atom stereocenters. The highest BCUT2D eigenvalue weighted by atomic mass is 32.1. The van der Waals surface area contributed by atoms with E-state index in [4.69, 9.17) is 0 Å². The first-order valence-electron chi connectivity index (χ1n) is 5.27. The fourth-order valence-electron chi connectivity index (χ4n) is 1.63. The number of aromatic amines is 1. The van der Waals surface area contributed by atoms with Crippen molar-refractivity contribution < 1.29 is 9.50 Å². The van der Waals surface area contributed by atoms with Crippen molar-refractivity contribution in [2.24, 2.45) is 0 Å². The lowest BCUT2D eigenvalue weighted by molar-refractivity contribution is 0.386. The van der Waals surface area contributed by atoms with E-state index in [0.717, 1.165) is 29.9 Å². The number of nitrogens with zero attached hydrogens (tertiary/aromatic N) is 2. The molecule has 1 aliphatic carbocycles. The molecule has 1 fully saturated rings. The van der Waals surface area contributed by atoms with Crippen molar-refractivity contribution in [3.8, 4) is 11.0 Å². The van der Waals surface area contributed by atoms with Gasteiger partial charge in [-0.15, -0.1) is 11.3 Å². The Balaban J connectivity index is 2.18. The Bertz CT molecular complexity index is 729. The first kappa shape index (κ1) is 11.1. The van der Waals surface area contributed by atoms with Crippen LogP contribution in [0.25, 0.3) is 5.13 Å². The number of thiazole rings is 1. The predicted octanol–water partition coefficient (Wildman–Crippen LogP) is 0.704. The summed E-state index contributed by atoms with van der Waals surface area (Å²) in [7, 11) is 0. The van der Waals surface area contributed by atoms with Crippen LogP contribution in [0.4, 0.5) is 4.39 Å². The summed E-state index contributed by atoms with van der Waals surface area (Å²) in [6, 6.07) is 0. The second-order valence-corrected chi connectivity index (χ2v) is 4.90. The Hall–Kier alpha value is -1.96. The SMILES string of the molecule is O=c1[nH]c(=O)n(-c2nc(C3CC3)cs2)c(O)c1F. The second kappa shape index (κ2) is 3.77. The van der Waals surface area contributed by atoms with Gasteiger partial charge in [0.25, 0.3) is 5.56 Å². The van der Waals surface area contributed by atoms with Crippen LogP contribution < -0.4 is 11.2 Å². The van der Waals surface area contributed by atoms with Gasteiger partial charge in [0, 0.05) is 11.3 Å². The molecule has 8 heteroatoms. The Kier molecular flexibility index (Phi) is 2.34. The molecule has 2 aromatic heterocycles. The molecular formula is C10H8FN3O3S. The highest BCUT2D eigenvalue weighted by Crippen LogP contribution is 2.40. The zero-order chi connectivity index (χ0) is 12.9. The van der Waals surface area contributed by atoms with Gasteiger partial charge in [-0.3, -0.25) is 9.78 Å². The molecule has 18 heavy (non-hydrogen) atoms. The molecule has 3 rings (SSSR count). The van der Waals surface area contributed by atoms with Gasteiger partial charge in [0.15, 0.2) is 0 Å². The van der Waals surface area contributed by atoms with Gasteiger partial charge in [0.1, 0.15) is 0 Å². The minimum absolute atomic E-state index is 0.148. The third-order valence-corrected chi connectivity index (χ3v) is 3.57. The van der Waals surface area contributed by atoms with Crippen molar-refractivity contribution in [3.05, 3.63) is 37.7 Å². The maximum Gasteiger partial charge on any atom is 0.337 e. The van der Waals surface area contributed by atoms with Crippen LogP contribution >= 0.6 is 11.3 Å². The third-order valence-electron chi connectivity index (χ3n) is 2.73. The smallest absolute Gasteiger partial charge is 0.337 e. The van der Waals surface area contributed by atoms with Crippen molar-refractivity contribution in [3.63, 3.8) is 0 Å². The van der Waals surface area contributed by atoms with E-state index >= 15 is 0 Å². The lowest BCUT2D eigenvalue weighted by Crippen LogP contribution is -2.30. The van der Waals surface area contributed by atoms with Gasteiger partial charge in [-0.05, 0) is 12.8 Å². The molecule has 6 nitrogen and oxygen atoms in total. The van der Waals surface area contributed by atoms with Crippen LogP contribution in [0, 0.1) is 5.82 Å². The molecule has 0 bridgehead atoms. The summed E-state index contributed by atoms with van der Waals surface area (Å²) >= 11 is 1.12. The maximum absolute atomic E-state index is 13.3. The number of rotatable bonds is 2. The summed E-state index contributed by atoms with van der Waals surface area (Å²) in [6.07, 6.45) is 2.09. The van der Waals surface area contributed by atoms with E-state index in [1.54, 1.807) is 10.4 Å². The van der Waals surface area contributed by atoms with Crippen LogP contribution in [0.2, 0.25) is 0 Å². The van der Waals surface area contributed by atoms with E-state index in [1.807, 2.05) is 0 Å². The molecule has 0 spiro atoms. The maximum atomic E-state index is 13.3. The summed E-state index contributed by atoms with van der Waals surface area (Å²) < 4.78 is 13.9. The number of aromatic hydroxyl groups is 1. The summed E-state index contributed by atoms with van der Waals surface area (Å²) in [5, 5.41) is 11.4. The van der Waals surface area contributed by atoms with Gasteiger partial charge in [0.05, 0.1) is 5.69 Å². The number of halogens is 1. The molecule has 0 amide bonds. The van der Waals surface area contributed by atoms with Gasteiger partial charge in [-0.25, -0.2) is 14.3 Å². The van der Waals surface area contributed by atoms with Crippen molar-refractivity contribution >= 4 is 11.3 Å². The topological polar surface area (TPSA) is 88.0 Å². The average Bonchev–Trinajstić information content (AvgIpc) is 3.07. The summed E-state index contributed by atoms with van der Waals surface area (Å²) in [5.41, 5.74) is -1.32. The number of hydrogen-bond acceptors (Lipinski definition) is 5. The monoisotopic (exact) mass is 269 g/mol. The fraction of sp³-hybridized carbons (Fsp3) is 0.300. The van der Waals surface area contributed by atoms with Crippen molar-refractivity contribution in [1.29, 1.82) is 0 Å². The number of nitrogens with one attached hydrogen (secondary N) is 1. The van der Waals surface area contributed by atoms with E-state index in [-0.39, 0.29) is 5.13 Å². The van der Waals surface area contributed by atoms with E-state index in [9.17, 15) is 19.1 Å². The Morgan fingerprint density at radius 3 is 2.89 bits per heavy atom. The molecule has 94 valence electrons. The Morgan fingerprint density at radius 2 is 2.22 bits per heavy atom. The van der Waals surface area contributed by atoms with E-state index < -0.39 is 22.9 Å². The second-order valence-electron chi connectivity index (χ2n) is 4.06. The quantitative estimate of drug-likeness (QED) is 0.840. The lowest BCUT2D eigenvalue weighted by atomic mass is 10.3.